The first kappa shape index (κ1) is 21.4. The second-order valence-corrected chi connectivity index (χ2v) is 8.52. The molecule has 0 aliphatic rings. The number of sulfonamides is 1. The molecule has 1 N–H and O–H groups in total. The lowest BCUT2D eigenvalue weighted by molar-refractivity contribution is -0.384. The number of nitrogens with one attached hydrogen (secondary N) is 1. The monoisotopic (exact) mass is 405 g/mol. The van der Waals surface area contributed by atoms with Crippen LogP contribution in [0, 0.1) is 17.0 Å². The summed E-state index contributed by atoms with van der Waals surface area (Å²) >= 11 is 0. The third kappa shape index (κ3) is 5.53. The molecule has 1 atom stereocenters. The van der Waals surface area contributed by atoms with Crippen molar-refractivity contribution in [1.82, 2.24) is 5.32 Å². The number of nitrogens with zero attached hydrogens (tertiary/aromatic N) is 2. The lowest BCUT2D eigenvalue weighted by atomic mass is 10.0. The highest BCUT2D eigenvalue weighted by Crippen LogP contribution is 2.27. The minimum atomic E-state index is -3.82. The maximum absolute atomic E-state index is 12.4. The van der Waals surface area contributed by atoms with Gasteiger partial charge >= 0.3 is 0 Å². The van der Waals surface area contributed by atoms with Crippen molar-refractivity contribution in [3.63, 3.8) is 0 Å². The van der Waals surface area contributed by atoms with Crippen molar-refractivity contribution in [2.45, 2.75) is 19.8 Å². The zero-order chi connectivity index (χ0) is 20.9. The molecule has 1 amide bonds. The molecule has 8 nitrogen and oxygen atoms in total. The van der Waals surface area contributed by atoms with Crippen LogP contribution in [-0.4, -0.2) is 38.6 Å². The van der Waals surface area contributed by atoms with E-state index in [9.17, 15) is 23.3 Å². The van der Waals surface area contributed by atoms with Crippen molar-refractivity contribution >= 4 is 27.3 Å². The van der Waals surface area contributed by atoms with E-state index in [1.54, 1.807) is 6.92 Å². The fourth-order valence-corrected chi connectivity index (χ4v) is 3.62. The zero-order valence-electron chi connectivity index (χ0n) is 16.0. The fourth-order valence-electron chi connectivity index (χ4n) is 2.71. The number of hydrogen-bond acceptors (Lipinski definition) is 5. The lowest BCUT2D eigenvalue weighted by Crippen LogP contribution is -2.41. The van der Waals surface area contributed by atoms with Crippen LogP contribution in [0.25, 0.3) is 0 Å². The number of benzene rings is 2. The molecule has 28 heavy (non-hydrogen) atoms. The van der Waals surface area contributed by atoms with Crippen LogP contribution >= 0.6 is 0 Å². The van der Waals surface area contributed by atoms with E-state index >= 15 is 0 Å². The summed E-state index contributed by atoms with van der Waals surface area (Å²) in [5.41, 5.74) is 1.44. The highest BCUT2D eigenvalue weighted by molar-refractivity contribution is 7.92. The molecule has 150 valence electrons. The highest BCUT2D eigenvalue weighted by atomic mass is 32.2. The Hall–Kier alpha value is -2.94. The van der Waals surface area contributed by atoms with Gasteiger partial charge in [0.1, 0.15) is 6.54 Å². The number of nitro groups is 1. The summed E-state index contributed by atoms with van der Waals surface area (Å²) in [5, 5.41) is 13.8. The van der Waals surface area contributed by atoms with Gasteiger partial charge in [-0.25, -0.2) is 8.42 Å². The van der Waals surface area contributed by atoms with Crippen molar-refractivity contribution < 1.29 is 18.1 Å². The number of amides is 1. The van der Waals surface area contributed by atoms with Crippen LogP contribution in [0.1, 0.15) is 24.0 Å². The first-order chi connectivity index (χ1) is 13.1. The Kier molecular flexibility index (Phi) is 6.74. The van der Waals surface area contributed by atoms with E-state index < -0.39 is 27.4 Å². The van der Waals surface area contributed by atoms with Crippen molar-refractivity contribution in [2.24, 2.45) is 0 Å². The van der Waals surface area contributed by atoms with Gasteiger partial charge in [0.05, 0.1) is 16.9 Å². The third-order valence-electron chi connectivity index (χ3n) is 4.33. The molecule has 0 saturated carbocycles. The molecule has 9 heteroatoms. The minimum Gasteiger partial charge on any atom is -0.354 e. The fraction of sp³-hybridized carbons (Fsp3) is 0.316. The van der Waals surface area contributed by atoms with Crippen LogP contribution < -0.4 is 9.62 Å². The summed E-state index contributed by atoms with van der Waals surface area (Å²) in [6.45, 7) is 3.47. The highest BCUT2D eigenvalue weighted by Gasteiger charge is 2.24. The standard InChI is InChI=1S/C19H23N3O5S/c1-14-9-10-17(22(24)25)11-18(14)21(28(3,26)27)13-19(23)20-12-15(2)16-7-5-4-6-8-16/h4-11,15H,12-13H2,1-3H3,(H,20,23)/t15-/m0/s1. The number of non-ortho nitro benzene ring substituents is 1. The molecule has 0 aliphatic carbocycles. The number of carbonyl (C=O) groups is 1. The van der Waals surface area contributed by atoms with Crippen LogP contribution in [0.3, 0.4) is 0 Å². The van der Waals surface area contributed by atoms with E-state index in [4.69, 9.17) is 0 Å². The molecule has 0 saturated heterocycles. The van der Waals surface area contributed by atoms with Crippen LogP contribution in [0.4, 0.5) is 11.4 Å². The van der Waals surface area contributed by atoms with Gasteiger partial charge in [0, 0.05) is 18.7 Å². The number of carbonyl (C=O) groups excluding carboxylic acids is 1. The smallest absolute Gasteiger partial charge is 0.271 e. The number of aryl methyl sites for hydroxylation is 1. The third-order valence-corrected chi connectivity index (χ3v) is 5.46. The van der Waals surface area contributed by atoms with Gasteiger partial charge in [-0.2, -0.15) is 0 Å². The Morgan fingerprint density at radius 3 is 2.43 bits per heavy atom. The van der Waals surface area contributed by atoms with E-state index in [0.29, 0.717) is 12.1 Å². The maximum Gasteiger partial charge on any atom is 0.271 e. The predicted molar refractivity (Wildman–Crippen MR) is 108 cm³/mol. The Morgan fingerprint density at radius 1 is 1.21 bits per heavy atom. The summed E-state index contributed by atoms with van der Waals surface area (Å²) in [6, 6.07) is 13.5. The van der Waals surface area contributed by atoms with Crippen LogP contribution in [0.5, 0.6) is 0 Å². The summed E-state index contributed by atoms with van der Waals surface area (Å²) in [7, 11) is -3.82. The van der Waals surface area contributed by atoms with Gasteiger partial charge in [-0.15, -0.1) is 0 Å². The molecule has 2 aromatic carbocycles. The molecule has 2 aromatic rings. The molecule has 0 aliphatic heterocycles. The van der Waals surface area contributed by atoms with Crippen molar-refractivity contribution in [3.05, 3.63) is 69.8 Å². The van der Waals surface area contributed by atoms with Crippen LogP contribution in [0.15, 0.2) is 48.5 Å². The van der Waals surface area contributed by atoms with Crippen molar-refractivity contribution in [3.8, 4) is 0 Å². The first-order valence-electron chi connectivity index (χ1n) is 8.64. The average molecular weight is 405 g/mol. The molecular formula is C19H23N3O5S. The minimum absolute atomic E-state index is 0.0522. The van der Waals surface area contributed by atoms with Gasteiger partial charge in [-0.3, -0.25) is 19.2 Å². The van der Waals surface area contributed by atoms with E-state index in [-0.39, 0.29) is 17.3 Å². The maximum atomic E-state index is 12.4. The molecular weight excluding hydrogens is 382 g/mol. The van der Waals surface area contributed by atoms with E-state index in [1.165, 1.54) is 12.1 Å². The van der Waals surface area contributed by atoms with Crippen molar-refractivity contribution in [2.75, 3.05) is 23.7 Å². The van der Waals surface area contributed by atoms with Gasteiger partial charge in [-0.1, -0.05) is 43.3 Å². The SMILES string of the molecule is Cc1ccc([N+](=O)[O-])cc1N(CC(=O)NC[C@H](C)c1ccccc1)S(C)(=O)=O. The van der Waals surface area contributed by atoms with Gasteiger partial charge < -0.3 is 5.32 Å². The number of hydrogen-bond donors (Lipinski definition) is 1. The lowest BCUT2D eigenvalue weighted by Gasteiger charge is -2.24. The molecule has 0 fully saturated rings. The Morgan fingerprint density at radius 2 is 1.86 bits per heavy atom. The first-order valence-corrected chi connectivity index (χ1v) is 10.5. The van der Waals surface area contributed by atoms with Gasteiger partial charge in [0.25, 0.3) is 5.69 Å². The molecule has 2 rings (SSSR count). The van der Waals surface area contributed by atoms with Gasteiger partial charge in [-0.05, 0) is 24.0 Å². The topological polar surface area (TPSA) is 110 Å². The molecule has 0 spiro atoms. The zero-order valence-corrected chi connectivity index (χ0v) is 16.8. The molecule has 0 unspecified atom stereocenters. The summed E-state index contributed by atoms with van der Waals surface area (Å²) in [5.74, 6) is -0.435. The molecule has 0 aromatic heterocycles. The van der Waals surface area contributed by atoms with Crippen molar-refractivity contribution in [1.29, 1.82) is 0 Å². The van der Waals surface area contributed by atoms with Gasteiger partial charge in [0.2, 0.25) is 15.9 Å². The predicted octanol–water partition coefficient (Wildman–Crippen LogP) is 2.59. The largest absolute Gasteiger partial charge is 0.354 e. The molecule has 0 bridgehead atoms. The van der Waals surface area contributed by atoms with E-state index in [1.807, 2.05) is 37.3 Å². The second-order valence-electron chi connectivity index (χ2n) is 6.61. The number of rotatable bonds is 8. The summed E-state index contributed by atoms with van der Waals surface area (Å²) in [6.07, 6.45) is 0.963. The van der Waals surface area contributed by atoms with E-state index in [2.05, 4.69) is 5.32 Å². The number of nitro benzene ring substituents is 1. The summed E-state index contributed by atoms with van der Waals surface area (Å²) in [4.78, 5) is 22.8. The summed E-state index contributed by atoms with van der Waals surface area (Å²) < 4.78 is 25.4. The average Bonchev–Trinajstić information content (AvgIpc) is 2.64. The molecule has 0 heterocycles. The quantitative estimate of drug-likeness (QED) is 0.536. The van der Waals surface area contributed by atoms with Crippen LogP contribution in [-0.2, 0) is 14.8 Å². The normalized spacial score (nSPS) is 12.2. The number of anilines is 1. The van der Waals surface area contributed by atoms with E-state index in [0.717, 1.165) is 22.2 Å². The Bertz CT molecular complexity index is 961. The van der Waals surface area contributed by atoms with Crippen LogP contribution in [0.2, 0.25) is 0 Å². The Balaban J connectivity index is 2.16. The Labute approximate surface area is 164 Å². The molecule has 0 radical (unpaired) electrons. The van der Waals surface area contributed by atoms with Gasteiger partial charge in [0.15, 0.2) is 0 Å². The second kappa shape index (κ2) is 8.83.